The van der Waals surface area contributed by atoms with E-state index in [0.717, 1.165) is 15.7 Å². The van der Waals surface area contributed by atoms with Gasteiger partial charge in [-0.3, -0.25) is 4.99 Å². The van der Waals surface area contributed by atoms with E-state index in [4.69, 9.17) is 9.47 Å². The minimum Gasteiger partial charge on any atom is -0.506 e. The van der Waals surface area contributed by atoms with Gasteiger partial charge in [-0.1, -0.05) is 15.9 Å². The third-order valence-corrected chi connectivity index (χ3v) is 5.90. The molecule has 2 aromatic carbocycles. The van der Waals surface area contributed by atoms with E-state index in [-0.39, 0.29) is 5.75 Å². The number of methoxy groups -OCH3 is 2. The maximum atomic E-state index is 10.3. The third kappa shape index (κ3) is 4.16. The average molecular weight is 527 g/mol. The van der Waals surface area contributed by atoms with Gasteiger partial charge in [0.1, 0.15) is 17.2 Å². The summed E-state index contributed by atoms with van der Waals surface area (Å²) in [6.07, 6.45) is 1.59. The van der Waals surface area contributed by atoms with Crippen LogP contribution in [0.3, 0.4) is 0 Å². The molecule has 6 nitrogen and oxygen atoms in total. The van der Waals surface area contributed by atoms with Crippen molar-refractivity contribution in [3.63, 3.8) is 0 Å². The number of aromatic hydroxyl groups is 1. The smallest absolute Gasteiger partial charge is 0.205 e. The van der Waals surface area contributed by atoms with Crippen LogP contribution >= 0.6 is 43.2 Å². The molecule has 0 spiro atoms. The fourth-order valence-electron chi connectivity index (χ4n) is 2.56. The summed E-state index contributed by atoms with van der Waals surface area (Å²) < 4.78 is 13.9. The standard InChI is InChI=1S/C19H17Br2N3O3S/c1-22-19-24(23-9-11-6-12(20)7-15(21)18(11)25)16(10-28-19)14-5-4-13(26-2)8-17(14)27-3/h4-10,25H,1-3H3. The molecule has 9 heteroatoms. The van der Waals surface area contributed by atoms with Crippen LogP contribution < -0.4 is 14.3 Å². The molecule has 146 valence electrons. The van der Waals surface area contributed by atoms with Crippen LogP contribution in [0.15, 0.2) is 54.8 Å². The highest BCUT2D eigenvalue weighted by Gasteiger charge is 2.14. The van der Waals surface area contributed by atoms with Gasteiger partial charge in [0.15, 0.2) is 0 Å². The van der Waals surface area contributed by atoms with Crippen LogP contribution in [0.25, 0.3) is 11.3 Å². The van der Waals surface area contributed by atoms with Gasteiger partial charge in [0, 0.05) is 34.1 Å². The van der Waals surface area contributed by atoms with E-state index in [0.29, 0.717) is 26.3 Å². The van der Waals surface area contributed by atoms with Crippen molar-refractivity contribution >= 4 is 49.4 Å². The Kier molecular flexibility index (Phi) is 6.58. The second-order valence-corrected chi connectivity index (χ2v) is 8.18. The Balaban J connectivity index is 2.13. The molecule has 0 unspecified atom stereocenters. The van der Waals surface area contributed by atoms with Crippen molar-refractivity contribution in [2.75, 3.05) is 21.3 Å². The third-order valence-electron chi connectivity index (χ3n) is 3.93. The molecule has 0 amide bonds. The lowest BCUT2D eigenvalue weighted by molar-refractivity contribution is 0.395. The highest BCUT2D eigenvalue weighted by atomic mass is 79.9. The van der Waals surface area contributed by atoms with Crippen LogP contribution in [0.4, 0.5) is 0 Å². The maximum Gasteiger partial charge on any atom is 0.205 e. The Morgan fingerprint density at radius 2 is 1.93 bits per heavy atom. The van der Waals surface area contributed by atoms with E-state index in [1.54, 1.807) is 44.3 Å². The van der Waals surface area contributed by atoms with Crippen LogP contribution in [0.5, 0.6) is 17.2 Å². The molecule has 0 aliphatic heterocycles. The van der Waals surface area contributed by atoms with Crippen molar-refractivity contribution in [1.82, 2.24) is 4.68 Å². The molecule has 3 rings (SSSR count). The minimum absolute atomic E-state index is 0.112. The Morgan fingerprint density at radius 1 is 1.14 bits per heavy atom. The molecule has 0 saturated carbocycles. The van der Waals surface area contributed by atoms with E-state index in [1.807, 2.05) is 23.6 Å². The fraction of sp³-hybridized carbons (Fsp3) is 0.158. The number of benzene rings is 2. The topological polar surface area (TPSA) is 68.3 Å². The monoisotopic (exact) mass is 525 g/mol. The van der Waals surface area contributed by atoms with Crippen molar-refractivity contribution in [1.29, 1.82) is 0 Å². The average Bonchev–Trinajstić information content (AvgIpc) is 3.11. The summed E-state index contributed by atoms with van der Waals surface area (Å²) in [5.41, 5.74) is 2.23. The van der Waals surface area contributed by atoms with Gasteiger partial charge in [0.05, 0.1) is 30.6 Å². The van der Waals surface area contributed by atoms with Gasteiger partial charge >= 0.3 is 0 Å². The first-order valence-corrected chi connectivity index (χ1v) is 10.5. The van der Waals surface area contributed by atoms with E-state index in [1.165, 1.54) is 11.3 Å². The lowest BCUT2D eigenvalue weighted by Gasteiger charge is -2.11. The molecule has 1 aromatic heterocycles. The summed E-state index contributed by atoms with van der Waals surface area (Å²) >= 11 is 8.22. The van der Waals surface area contributed by atoms with Crippen molar-refractivity contribution in [2.45, 2.75) is 0 Å². The molecule has 28 heavy (non-hydrogen) atoms. The number of nitrogens with zero attached hydrogens (tertiary/aromatic N) is 3. The lowest BCUT2D eigenvalue weighted by atomic mass is 10.1. The number of phenols is 1. The molecular formula is C19H17Br2N3O3S. The van der Waals surface area contributed by atoms with E-state index >= 15 is 0 Å². The van der Waals surface area contributed by atoms with E-state index in [2.05, 4.69) is 42.0 Å². The predicted molar refractivity (Wildman–Crippen MR) is 119 cm³/mol. The maximum absolute atomic E-state index is 10.3. The number of phenolic OH excluding ortho intramolecular Hbond substituents is 1. The van der Waals surface area contributed by atoms with Crippen LogP contribution in [0, 0.1) is 0 Å². The number of hydrogen-bond donors (Lipinski definition) is 1. The summed E-state index contributed by atoms with van der Waals surface area (Å²) in [6.45, 7) is 0. The van der Waals surface area contributed by atoms with Crippen molar-refractivity contribution in [3.8, 4) is 28.5 Å². The summed E-state index contributed by atoms with van der Waals surface area (Å²) in [4.78, 5) is 5.00. The molecule has 0 atom stereocenters. The minimum atomic E-state index is 0.112. The van der Waals surface area contributed by atoms with Gasteiger partial charge in [-0.25, -0.2) is 4.68 Å². The second kappa shape index (κ2) is 8.93. The zero-order valence-corrected chi connectivity index (χ0v) is 19.3. The van der Waals surface area contributed by atoms with Gasteiger partial charge in [0.2, 0.25) is 4.80 Å². The second-order valence-electron chi connectivity index (χ2n) is 5.58. The number of rotatable bonds is 5. The molecular weight excluding hydrogens is 510 g/mol. The molecule has 0 aliphatic carbocycles. The molecule has 0 aliphatic rings. The fourth-order valence-corrected chi connectivity index (χ4v) is 4.62. The summed E-state index contributed by atoms with van der Waals surface area (Å²) in [5, 5.41) is 16.8. The van der Waals surface area contributed by atoms with E-state index < -0.39 is 0 Å². The van der Waals surface area contributed by atoms with Crippen molar-refractivity contribution < 1.29 is 14.6 Å². The zero-order valence-electron chi connectivity index (χ0n) is 15.3. The molecule has 0 radical (unpaired) electrons. The molecule has 0 saturated heterocycles. The normalized spacial score (nSPS) is 12.0. The first-order valence-electron chi connectivity index (χ1n) is 8.06. The Hall–Kier alpha value is -2.10. The highest BCUT2D eigenvalue weighted by Crippen LogP contribution is 2.34. The number of halogens is 2. The first-order chi connectivity index (χ1) is 13.5. The SMILES string of the molecule is CN=c1scc(-c2ccc(OC)cc2OC)n1N=Cc1cc(Br)cc(Br)c1O. The van der Waals surface area contributed by atoms with Crippen LogP contribution in [0.1, 0.15) is 5.56 Å². The van der Waals surface area contributed by atoms with Crippen molar-refractivity contribution in [3.05, 3.63) is 55.0 Å². The number of ether oxygens (including phenoxy) is 2. The zero-order chi connectivity index (χ0) is 20.3. The summed E-state index contributed by atoms with van der Waals surface area (Å²) in [7, 11) is 4.93. The van der Waals surface area contributed by atoms with Gasteiger partial charge < -0.3 is 14.6 Å². The molecule has 3 aromatic rings. The number of aromatic nitrogens is 1. The van der Waals surface area contributed by atoms with Crippen LogP contribution in [0.2, 0.25) is 0 Å². The Morgan fingerprint density at radius 3 is 2.61 bits per heavy atom. The quantitative estimate of drug-likeness (QED) is 0.482. The number of thiazole rings is 1. The summed E-state index contributed by atoms with van der Waals surface area (Å²) in [5.74, 6) is 1.48. The largest absolute Gasteiger partial charge is 0.506 e. The van der Waals surface area contributed by atoms with Crippen LogP contribution in [-0.2, 0) is 0 Å². The predicted octanol–water partition coefficient (Wildman–Crippen LogP) is 4.88. The first kappa shape index (κ1) is 20.6. The highest BCUT2D eigenvalue weighted by molar-refractivity contribution is 9.11. The van der Waals surface area contributed by atoms with Gasteiger partial charge in [-0.15, -0.1) is 11.3 Å². The Bertz CT molecular complexity index is 1110. The molecule has 0 bridgehead atoms. The Labute approximate surface area is 183 Å². The molecule has 1 N–H and O–H groups in total. The molecule has 0 fully saturated rings. The lowest BCUT2D eigenvalue weighted by Crippen LogP contribution is -2.11. The summed E-state index contributed by atoms with van der Waals surface area (Å²) in [6, 6.07) is 9.15. The van der Waals surface area contributed by atoms with Gasteiger partial charge in [-0.05, 0) is 40.2 Å². The van der Waals surface area contributed by atoms with Gasteiger partial charge in [-0.2, -0.15) is 5.10 Å². The van der Waals surface area contributed by atoms with E-state index in [9.17, 15) is 5.11 Å². The van der Waals surface area contributed by atoms with Crippen LogP contribution in [-0.4, -0.2) is 37.3 Å². The molecule has 1 heterocycles. The van der Waals surface area contributed by atoms with Crippen molar-refractivity contribution in [2.24, 2.45) is 10.1 Å². The van der Waals surface area contributed by atoms with Gasteiger partial charge in [0.25, 0.3) is 0 Å². The number of hydrogen-bond acceptors (Lipinski definition) is 6.